The van der Waals surface area contributed by atoms with Gasteiger partial charge in [0.25, 0.3) is 0 Å². The summed E-state index contributed by atoms with van der Waals surface area (Å²) in [5, 5.41) is 10.4. The van der Waals surface area contributed by atoms with Crippen molar-refractivity contribution in [1.82, 2.24) is 8.97 Å². The molecule has 0 aliphatic carbocycles. The van der Waals surface area contributed by atoms with E-state index in [1.807, 2.05) is 0 Å². The van der Waals surface area contributed by atoms with E-state index in [4.69, 9.17) is 4.99 Å². The average molecular weight is 614 g/mol. The summed E-state index contributed by atoms with van der Waals surface area (Å²) >= 11 is 0. The first-order chi connectivity index (χ1) is 23.8. The Morgan fingerprint density at radius 2 is 1.19 bits per heavy atom. The molecule has 1 aliphatic heterocycles. The molecule has 0 radical (unpaired) electrons. The van der Waals surface area contributed by atoms with E-state index in [0.717, 1.165) is 30.8 Å². The monoisotopic (exact) mass is 613 g/mol. The van der Waals surface area contributed by atoms with Crippen molar-refractivity contribution in [1.29, 1.82) is 0 Å². The number of aliphatic imine (C=N–C) groups is 1. The highest BCUT2D eigenvalue weighted by Gasteiger charge is 2.26. The Hall–Kier alpha value is -5.93. The highest BCUT2D eigenvalue weighted by atomic mass is 15.1. The molecule has 11 rings (SSSR count). The molecular weight excluding hydrogens is 583 g/mol. The Kier molecular flexibility index (Phi) is 5.34. The third-order valence-corrected chi connectivity index (χ3v) is 10.9. The number of hydrogen-bond donors (Lipinski definition) is 0. The van der Waals surface area contributed by atoms with Crippen LogP contribution in [-0.4, -0.2) is 14.8 Å². The number of nitrogens with zero attached hydrogens (tertiary/aromatic N) is 3. The van der Waals surface area contributed by atoms with Crippen LogP contribution in [0.15, 0.2) is 151 Å². The molecule has 1 aliphatic rings. The van der Waals surface area contributed by atoms with Crippen molar-refractivity contribution in [2.75, 3.05) is 0 Å². The maximum absolute atomic E-state index is 5.60. The zero-order valence-electron chi connectivity index (χ0n) is 26.4. The van der Waals surface area contributed by atoms with Crippen LogP contribution in [0.2, 0.25) is 0 Å². The molecule has 0 fully saturated rings. The van der Waals surface area contributed by atoms with E-state index in [9.17, 15) is 0 Å². The third-order valence-electron chi connectivity index (χ3n) is 10.9. The number of rotatable bonds is 1. The number of fused-ring (bicyclic) bond motifs is 12. The van der Waals surface area contributed by atoms with Crippen LogP contribution in [0.4, 0.5) is 5.69 Å². The van der Waals surface area contributed by atoms with Crippen LogP contribution in [0, 0.1) is 0 Å². The van der Waals surface area contributed by atoms with E-state index in [-0.39, 0.29) is 0 Å². The van der Waals surface area contributed by atoms with Gasteiger partial charge in [0, 0.05) is 44.7 Å². The van der Waals surface area contributed by atoms with Crippen molar-refractivity contribution < 1.29 is 0 Å². The van der Waals surface area contributed by atoms with Gasteiger partial charge >= 0.3 is 0 Å². The van der Waals surface area contributed by atoms with E-state index in [0.29, 0.717) is 5.92 Å². The van der Waals surface area contributed by atoms with E-state index in [2.05, 4.69) is 155 Å². The van der Waals surface area contributed by atoms with Crippen molar-refractivity contribution in [3.05, 3.63) is 157 Å². The lowest BCUT2D eigenvalue weighted by molar-refractivity contribution is 0.670. The molecule has 3 nitrogen and oxygen atoms in total. The van der Waals surface area contributed by atoms with Crippen molar-refractivity contribution in [3.63, 3.8) is 0 Å². The molecular formula is C45H31N3. The molecule has 0 bridgehead atoms. The SMILES string of the molecule is c1ccc2c(c1)N=C(n1c3ccccc3c3c4c5ccccc5n5c6ccccc6c(cc31)c45)CCCC2c1ccc2ccccc2c1. The summed E-state index contributed by atoms with van der Waals surface area (Å²) in [4.78, 5) is 5.60. The quantitative estimate of drug-likeness (QED) is 0.176. The standard InChI is InChI=1S/C45H31N3/c1-2-13-29-26-30(25-24-28(29)12-1)31-18-11-23-42(46-37-19-7-3-14-32(31)37)47-39-21-9-5-16-34(39)43-41(47)27-36-33-15-4-8-20-38(33)48-40-22-10-6-17-35(40)44(43)45(36)48/h1-10,12-17,19-22,24-27,31H,11,18,23H2. The number of hydrogen-bond acceptors (Lipinski definition) is 1. The van der Waals surface area contributed by atoms with Crippen LogP contribution < -0.4 is 0 Å². The minimum absolute atomic E-state index is 0.303. The van der Waals surface area contributed by atoms with Gasteiger partial charge in [-0.1, -0.05) is 115 Å². The Labute approximate surface area is 277 Å². The molecule has 1 unspecified atom stereocenters. The lowest BCUT2D eigenvalue weighted by Crippen LogP contribution is -2.15. The van der Waals surface area contributed by atoms with Gasteiger partial charge in [0.05, 0.1) is 33.3 Å². The van der Waals surface area contributed by atoms with Crippen molar-refractivity contribution >= 4 is 82.2 Å². The van der Waals surface area contributed by atoms with Crippen LogP contribution in [0.25, 0.3) is 70.7 Å². The molecule has 226 valence electrons. The predicted molar refractivity (Wildman–Crippen MR) is 203 cm³/mol. The molecule has 0 saturated carbocycles. The van der Waals surface area contributed by atoms with Gasteiger partial charge in [0.15, 0.2) is 0 Å². The zero-order valence-corrected chi connectivity index (χ0v) is 26.4. The fourth-order valence-corrected chi connectivity index (χ4v) is 8.87. The van der Waals surface area contributed by atoms with Gasteiger partial charge in [0.1, 0.15) is 5.84 Å². The molecule has 48 heavy (non-hydrogen) atoms. The maximum atomic E-state index is 5.60. The second-order valence-corrected chi connectivity index (χ2v) is 13.4. The summed E-state index contributed by atoms with van der Waals surface area (Å²) in [5.41, 5.74) is 10.1. The number of benzene rings is 7. The average Bonchev–Trinajstić information content (AvgIpc) is 3.76. The first-order valence-corrected chi connectivity index (χ1v) is 17.1. The predicted octanol–water partition coefficient (Wildman–Crippen LogP) is 12.0. The van der Waals surface area contributed by atoms with E-state index >= 15 is 0 Å². The van der Waals surface area contributed by atoms with Crippen LogP contribution >= 0.6 is 0 Å². The van der Waals surface area contributed by atoms with Crippen LogP contribution in [-0.2, 0) is 0 Å². The Balaban J connectivity index is 1.21. The fourth-order valence-electron chi connectivity index (χ4n) is 8.87. The molecule has 0 amide bonds. The summed E-state index contributed by atoms with van der Waals surface area (Å²) in [7, 11) is 0. The summed E-state index contributed by atoms with van der Waals surface area (Å²) < 4.78 is 4.97. The smallest absolute Gasteiger partial charge is 0.114 e. The van der Waals surface area contributed by atoms with Crippen LogP contribution in [0.5, 0.6) is 0 Å². The van der Waals surface area contributed by atoms with Crippen molar-refractivity contribution in [2.24, 2.45) is 4.99 Å². The maximum Gasteiger partial charge on any atom is 0.114 e. The second kappa shape index (κ2) is 9.79. The fraction of sp³-hybridized carbons (Fsp3) is 0.0889. The minimum Gasteiger partial charge on any atom is -0.308 e. The summed E-state index contributed by atoms with van der Waals surface area (Å²) in [5.74, 6) is 1.42. The van der Waals surface area contributed by atoms with Gasteiger partial charge < -0.3 is 4.40 Å². The third kappa shape index (κ3) is 3.51. The van der Waals surface area contributed by atoms with Gasteiger partial charge in [-0.2, -0.15) is 0 Å². The molecule has 10 aromatic rings. The molecule has 0 spiro atoms. The van der Waals surface area contributed by atoms with Gasteiger partial charge in [-0.25, -0.2) is 4.99 Å². The first-order valence-electron chi connectivity index (χ1n) is 17.1. The zero-order chi connectivity index (χ0) is 31.3. The molecule has 1 atom stereocenters. The molecule has 4 heterocycles. The van der Waals surface area contributed by atoms with Gasteiger partial charge in [-0.3, -0.25) is 4.57 Å². The van der Waals surface area contributed by atoms with Crippen LogP contribution in [0.1, 0.15) is 36.3 Å². The van der Waals surface area contributed by atoms with Crippen LogP contribution in [0.3, 0.4) is 0 Å². The molecule has 3 heteroatoms. The lowest BCUT2D eigenvalue weighted by Gasteiger charge is -2.24. The van der Waals surface area contributed by atoms with Crippen molar-refractivity contribution in [3.8, 4) is 0 Å². The molecule has 0 saturated heterocycles. The Morgan fingerprint density at radius 3 is 2.04 bits per heavy atom. The van der Waals surface area contributed by atoms with Gasteiger partial charge in [-0.15, -0.1) is 0 Å². The van der Waals surface area contributed by atoms with E-state index in [1.165, 1.54) is 81.8 Å². The molecule has 7 aromatic carbocycles. The van der Waals surface area contributed by atoms with Crippen molar-refractivity contribution in [2.45, 2.75) is 25.2 Å². The molecule has 0 N–H and O–H groups in total. The Bertz CT molecular complexity index is 2940. The molecule has 3 aromatic heterocycles. The topological polar surface area (TPSA) is 21.7 Å². The number of aromatic nitrogens is 2. The summed E-state index contributed by atoms with van der Waals surface area (Å²) in [6.07, 6.45) is 3.02. The minimum atomic E-state index is 0.303. The highest BCUT2D eigenvalue weighted by molar-refractivity contribution is 6.36. The first kappa shape index (κ1) is 26.2. The van der Waals surface area contributed by atoms with Gasteiger partial charge in [-0.05, 0) is 65.1 Å². The largest absolute Gasteiger partial charge is 0.308 e. The second-order valence-electron chi connectivity index (χ2n) is 13.4. The Morgan fingerprint density at radius 1 is 0.521 bits per heavy atom. The highest BCUT2D eigenvalue weighted by Crippen LogP contribution is 2.46. The lowest BCUT2D eigenvalue weighted by atomic mass is 9.84. The summed E-state index contributed by atoms with van der Waals surface area (Å²) in [6, 6.07) is 53.7. The normalized spacial score (nSPS) is 15.6. The number of para-hydroxylation sites is 4. The van der Waals surface area contributed by atoms with Gasteiger partial charge in [0.2, 0.25) is 0 Å². The van der Waals surface area contributed by atoms with E-state index < -0.39 is 0 Å². The van der Waals surface area contributed by atoms with E-state index in [1.54, 1.807) is 0 Å². The summed E-state index contributed by atoms with van der Waals surface area (Å²) in [6.45, 7) is 0.